The Labute approximate surface area is 117 Å². The molecule has 4 heteroatoms. The molecule has 1 aliphatic rings. The van der Waals surface area contributed by atoms with E-state index in [2.05, 4.69) is 34.2 Å². The first kappa shape index (κ1) is 13.8. The summed E-state index contributed by atoms with van der Waals surface area (Å²) in [6.45, 7) is 6.00. The van der Waals surface area contributed by atoms with E-state index in [0.717, 1.165) is 49.3 Å². The maximum atomic E-state index is 5.83. The minimum Gasteiger partial charge on any atom is -0.399 e. The normalized spacial score (nSPS) is 18.8. The van der Waals surface area contributed by atoms with Gasteiger partial charge in [0, 0.05) is 36.5 Å². The highest BCUT2D eigenvalue weighted by Gasteiger charge is 2.26. The Kier molecular flexibility index (Phi) is 4.65. The summed E-state index contributed by atoms with van der Waals surface area (Å²) in [4.78, 5) is 0. The van der Waals surface area contributed by atoms with Crippen LogP contribution in [0.5, 0.6) is 0 Å². The van der Waals surface area contributed by atoms with Gasteiger partial charge in [-0.25, -0.2) is 0 Å². The fourth-order valence-electron chi connectivity index (χ4n) is 2.33. The minimum atomic E-state index is 0.371. The van der Waals surface area contributed by atoms with E-state index in [9.17, 15) is 0 Å². The minimum absolute atomic E-state index is 0.371. The highest BCUT2D eigenvalue weighted by Crippen LogP contribution is 2.28. The second kappa shape index (κ2) is 6.04. The van der Waals surface area contributed by atoms with Gasteiger partial charge in [-0.15, -0.1) is 0 Å². The van der Waals surface area contributed by atoms with Crippen LogP contribution in [0, 0.1) is 5.41 Å². The molecule has 1 aliphatic heterocycles. The second-order valence-electron chi connectivity index (χ2n) is 5.42. The lowest BCUT2D eigenvalue weighted by Crippen LogP contribution is -2.36. The molecule has 0 aliphatic carbocycles. The van der Waals surface area contributed by atoms with E-state index in [-0.39, 0.29) is 0 Å². The summed E-state index contributed by atoms with van der Waals surface area (Å²) < 4.78 is 6.45. The lowest BCUT2D eigenvalue weighted by molar-refractivity contribution is 0.0240. The van der Waals surface area contributed by atoms with Gasteiger partial charge in [0.05, 0.1) is 0 Å². The first-order valence-corrected chi connectivity index (χ1v) is 7.20. The zero-order chi connectivity index (χ0) is 13.0. The van der Waals surface area contributed by atoms with Gasteiger partial charge in [-0.2, -0.15) is 0 Å². The third kappa shape index (κ3) is 3.97. The molecule has 0 radical (unpaired) electrons. The molecule has 0 unspecified atom stereocenters. The Hall–Kier alpha value is -0.580. The summed E-state index contributed by atoms with van der Waals surface area (Å²) in [7, 11) is 0. The van der Waals surface area contributed by atoms with Crippen LogP contribution < -0.4 is 11.1 Å². The van der Waals surface area contributed by atoms with Gasteiger partial charge in [0.2, 0.25) is 0 Å². The van der Waals surface area contributed by atoms with Gasteiger partial charge in [-0.3, -0.25) is 0 Å². The molecule has 0 bridgehead atoms. The molecule has 3 N–H and O–H groups in total. The number of rotatable bonds is 4. The standard InChI is InChI=1S/C14H21BrN2O/c1-14(2-4-18-5-3-14)10-17-9-11-6-12(15)8-13(16)7-11/h6-8,17H,2-5,9-10,16H2,1H3. The number of nitrogens with one attached hydrogen (secondary N) is 1. The zero-order valence-corrected chi connectivity index (χ0v) is 12.4. The largest absolute Gasteiger partial charge is 0.399 e. The number of nitrogens with two attached hydrogens (primary N) is 1. The van der Waals surface area contributed by atoms with E-state index < -0.39 is 0 Å². The first-order valence-electron chi connectivity index (χ1n) is 6.41. The first-order chi connectivity index (χ1) is 8.57. The molecule has 0 atom stereocenters. The number of ether oxygens (including phenoxy) is 1. The SMILES string of the molecule is CC1(CNCc2cc(N)cc(Br)c2)CCOCC1. The van der Waals surface area contributed by atoms with Crippen LogP contribution in [0.4, 0.5) is 5.69 Å². The van der Waals surface area contributed by atoms with Gasteiger partial charge in [-0.05, 0) is 42.0 Å². The average Bonchev–Trinajstić information content (AvgIpc) is 2.28. The molecule has 2 rings (SSSR count). The van der Waals surface area contributed by atoms with Crippen LogP contribution >= 0.6 is 15.9 Å². The van der Waals surface area contributed by atoms with Crippen molar-refractivity contribution >= 4 is 21.6 Å². The molecule has 1 heterocycles. The second-order valence-corrected chi connectivity index (χ2v) is 6.34. The van der Waals surface area contributed by atoms with Crippen molar-refractivity contribution in [3.8, 4) is 0 Å². The maximum absolute atomic E-state index is 5.83. The number of benzene rings is 1. The van der Waals surface area contributed by atoms with Crippen LogP contribution in [-0.2, 0) is 11.3 Å². The molecule has 0 spiro atoms. The van der Waals surface area contributed by atoms with Crippen LogP contribution in [0.1, 0.15) is 25.3 Å². The van der Waals surface area contributed by atoms with Crippen molar-refractivity contribution in [2.45, 2.75) is 26.3 Å². The molecule has 0 amide bonds. The summed E-state index contributed by atoms with van der Waals surface area (Å²) in [5.74, 6) is 0. The fourth-order valence-corrected chi connectivity index (χ4v) is 2.89. The zero-order valence-electron chi connectivity index (χ0n) is 10.8. The van der Waals surface area contributed by atoms with Gasteiger partial charge >= 0.3 is 0 Å². The molecule has 18 heavy (non-hydrogen) atoms. The number of anilines is 1. The van der Waals surface area contributed by atoms with E-state index in [1.54, 1.807) is 0 Å². The molecule has 1 fully saturated rings. The van der Waals surface area contributed by atoms with Crippen LogP contribution in [0.15, 0.2) is 22.7 Å². The summed E-state index contributed by atoms with van der Waals surface area (Å²) in [5, 5.41) is 3.53. The van der Waals surface area contributed by atoms with Crippen molar-refractivity contribution in [3.05, 3.63) is 28.2 Å². The predicted octanol–water partition coefficient (Wildman–Crippen LogP) is 2.94. The molecule has 100 valence electrons. The Morgan fingerprint density at radius 1 is 1.33 bits per heavy atom. The average molecular weight is 313 g/mol. The van der Waals surface area contributed by atoms with E-state index in [1.807, 2.05) is 12.1 Å². The van der Waals surface area contributed by atoms with E-state index in [4.69, 9.17) is 10.5 Å². The van der Waals surface area contributed by atoms with Crippen molar-refractivity contribution in [2.24, 2.45) is 5.41 Å². The highest BCUT2D eigenvalue weighted by molar-refractivity contribution is 9.10. The lowest BCUT2D eigenvalue weighted by Gasteiger charge is -2.33. The Morgan fingerprint density at radius 2 is 2.06 bits per heavy atom. The van der Waals surface area contributed by atoms with Gasteiger partial charge in [0.1, 0.15) is 0 Å². The fraction of sp³-hybridized carbons (Fsp3) is 0.571. The summed E-state index contributed by atoms with van der Waals surface area (Å²) in [6, 6.07) is 6.04. The Morgan fingerprint density at radius 3 is 2.72 bits per heavy atom. The molecule has 1 saturated heterocycles. The number of nitrogen functional groups attached to an aromatic ring is 1. The molecule has 0 aromatic heterocycles. The van der Waals surface area contributed by atoms with Crippen LogP contribution in [0.3, 0.4) is 0 Å². The van der Waals surface area contributed by atoms with Gasteiger partial charge in [0.15, 0.2) is 0 Å². The van der Waals surface area contributed by atoms with Crippen LogP contribution in [0.2, 0.25) is 0 Å². The van der Waals surface area contributed by atoms with Crippen molar-refractivity contribution < 1.29 is 4.74 Å². The molecular formula is C14H21BrN2O. The predicted molar refractivity (Wildman–Crippen MR) is 78.4 cm³/mol. The number of hydrogen-bond donors (Lipinski definition) is 2. The maximum Gasteiger partial charge on any atom is 0.0471 e. The van der Waals surface area contributed by atoms with Crippen molar-refractivity contribution in [2.75, 3.05) is 25.5 Å². The molecule has 1 aromatic carbocycles. The monoisotopic (exact) mass is 312 g/mol. The number of hydrogen-bond acceptors (Lipinski definition) is 3. The summed E-state index contributed by atoms with van der Waals surface area (Å²) in [5.41, 5.74) is 8.22. The third-order valence-electron chi connectivity index (χ3n) is 3.56. The molecule has 3 nitrogen and oxygen atoms in total. The summed E-state index contributed by atoms with van der Waals surface area (Å²) in [6.07, 6.45) is 2.28. The number of halogens is 1. The van der Waals surface area contributed by atoms with Crippen LogP contribution in [0.25, 0.3) is 0 Å². The van der Waals surface area contributed by atoms with Crippen molar-refractivity contribution in [3.63, 3.8) is 0 Å². The summed E-state index contributed by atoms with van der Waals surface area (Å²) >= 11 is 3.47. The lowest BCUT2D eigenvalue weighted by atomic mass is 9.82. The quantitative estimate of drug-likeness (QED) is 0.840. The van der Waals surface area contributed by atoms with E-state index >= 15 is 0 Å². The van der Waals surface area contributed by atoms with Crippen LogP contribution in [-0.4, -0.2) is 19.8 Å². The van der Waals surface area contributed by atoms with Crippen molar-refractivity contribution in [1.29, 1.82) is 0 Å². The molecular weight excluding hydrogens is 292 g/mol. The van der Waals surface area contributed by atoms with Gasteiger partial charge < -0.3 is 15.8 Å². The van der Waals surface area contributed by atoms with Gasteiger partial charge in [0.25, 0.3) is 0 Å². The topological polar surface area (TPSA) is 47.3 Å². The Balaban J connectivity index is 1.84. The Bertz CT molecular complexity index is 383. The third-order valence-corrected chi connectivity index (χ3v) is 4.02. The van der Waals surface area contributed by atoms with E-state index in [1.165, 1.54) is 5.56 Å². The van der Waals surface area contributed by atoms with E-state index in [0.29, 0.717) is 5.41 Å². The van der Waals surface area contributed by atoms with Crippen molar-refractivity contribution in [1.82, 2.24) is 5.32 Å². The molecule has 0 saturated carbocycles. The van der Waals surface area contributed by atoms with Gasteiger partial charge in [-0.1, -0.05) is 22.9 Å². The smallest absolute Gasteiger partial charge is 0.0471 e. The molecule has 1 aromatic rings. The highest BCUT2D eigenvalue weighted by atomic mass is 79.9.